The summed E-state index contributed by atoms with van der Waals surface area (Å²) >= 11 is 1.45. The first-order valence-electron chi connectivity index (χ1n) is 6.10. The first-order chi connectivity index (χ1) is 9.99. The Hall–Kier alpha value is -2.15. The lowest BCUT2D eigenvalue weighted by Crippen LogP contribution is -1.99. The third-order valence-electron chi connectivity index (χ3n) is 2.99. The fourth-order valence-electron chi connectivity index (χ4n) is 2.05. The van der Waals surface area contributed by atoms with Crippen molar-refractivity contribution in [1.29, 1.82) is 0 Å². The van der Waals surface area contributed by atoms with Crippen LogP contribution in [0.3, 0.4) is 0 Å². The number of hydrogen-bond donors (Lipinski definition) is 1. The number of thiophene rings is 1. The molecule has 2 heterocycles. The molecule has 3 nitrogen and oxygen atoms in total. The number of aryl methyl sites for hydroxylation is 1. The summed E-state index contributed by atoms with van der Waals surface area (Å²) in [6, 6.07) is 3.71. The highest BCUT2D eigenvalue weighted by atomic mass is 32.1. The van der Waals surface area contributed by atoms with E-state index in [9.17, 15) is 13.2 Å². The van der Waals surface area contributed by atoms with Crippen LogP contribution in [0.5, 0.6) is 0 Å². The van der Waals surface area contributed by atoms with E-state index in [1.165, 1.54) is 11.3 Å². The Morgan fingerprint density at radius 1 is 1.05 bits per heavy atom. The number of hydrogen-bond acceptors (Lipinski definition) is 4. The lowest BCUT2D eigenvalue weighted by molar-refractivity contribution is 0.447. The number of benzene rings is 1. The predicted molar refractivity (Wildman–Crippen MR) is 77.0 cm³/mol. The van der Waals surface area contributed by atoms with Crippen LogP contribution in [0.15, 0.2) is 18.2 Å². The first kappa shape index (κ1) is 13.8. The summed E-state index contributed by atoms with van der Waals surface area (Å²) in [6.45, 7) is 1.93. The molecule has 0 saturated heterocycles. The number of nitrogens with zero attached hydrogens (tertiary/aromatic N) is 2. The highest BCUT2D eigenvalue weighted by Gasteiger charge is 2.16. The number of nitrogens with one attached hydrogen (secondary N) is 1. The number of halogens is 3. The van der Waals surface area contributed by atoms with Gasteiger partial charge in [-0.1, -0.05) is 0 Å². The van der Waals surface area contributed by atoms with E-state index < -0.39 is 17.5 Å². The molecule has 0 saturated carbocycles. The Balaban J connectivity index is 2.25. The molecule has 3 rings (SSSR count). The van der Waals surface area contributed by atoms with Crippen molar-refractivity contribution in [1.82, 2.24) is 9.97 Å². The Bertz CT molecular complexity index is 822. The van der Waals surface area contributed by atoms with Gasteiger partial charge in [0.2, 0.25) is 0 Å². The van der Waals surface area contributed by atoms with Gasteiger partial charge in [0.1, 0.15) is 10.6 Å². The quantitative estimate of drug-likeness (QED) is 0.723. The van der Waals surface area contributed by atoms with Crippen molar-refractivity contribution in [2.24, 2.45) is 0 Å². The van der Waals surface area contributed by atoms with Crippen LogP contribution in [0, 0.1) is 24.4 Å². The van der Waals surface area contributed by atoms with Crippen LogP contribution in [-0.2, 0) is 0 Å². The maximum absolute atomic E-state index is 13.3. The zero-order valence-electron chi connectivity index (χ0n) is 11.2. The van der Waals surface area contributed by atoms with Crippen LogP contribution < -0.4 is 5.32 Å². The van der Waals surface area contributed by atoms with E-state index >= 15 is 0 Å². The number of aromatic nitrogens is 2. The number of anilines is 1. The summed E-state index contributed by atoms with van der Waals surface area (Å²) < 4.78 is 39.7. The topological polar surface area (TPSA) is 37.8 Å². The molecule has 0 amide bonds. The van der Waals surface area contributed by atoms with Gasteiger partial charge in [-0.05, 0) is 25.1 Å². The van der Waals surface area contributed by atoms with Crippen molar-refractivity contribution >= 4 is 27.4 Å². The first-order valence-corrected chi connectivity index (χ1v) is 6.92. The van der Waals surface area contributed by atoms with E-state index in [0.29, 0.717) is 10.6 Å². The monoisotopic (exact) mass is 309 g/mol. The SMILES string of the molecule is CNc1nc(-c2cc(F)c(F)c(F)c2)nc2sc(C)cc12. The Labute approximate surface area is 122 Å². The van der Waals surface area contributed by atoms with E-state index in [2.05, 4.69) is 15.3 Å². The third-order valence-corrected chi connectivity index (χ3v) is 3.94. The zero-order valence-corrected chi connectivity index (χ0v) is 12.0. The maximum atomic E-state index is 13.3. The zero-order chi connectivity index (χ0) is 15.1. The molecule has 0 bridgehead atoms. The molecular weight excluding hydrogens is 299 g/mol. The van der Waals surface area contributed by atoms with Gasteiger partial charge in [-0.15, -0.1) is 11.3 Å². The molecule has 7 heteroatoms. The minimum absolute atomic E-state index is 0.0934. The van der Waals surface area contributed by atoms with Crippen LogP contribution in [0.2, 0.25) is 0 Å². The van der Waals surface area contributed by atoms with E-state index in [-0.39, 0.29) is 11.4 Å². The van der Waals surface area contributed by atoms with Crippen molar-refractivity contribution in [3.05, 3.63) is 40.5 Å². The molecule has 0 radical (unpaired) electrons. The van der Waals surface area contributed by atoms with Crippen LogP contribution in [0.4, 0.5) is 19.0 Å². The molecular formula is C14H10F3N3S. The maximum Gasteiger partial charge on any atom is 0.194 e. The molecule has 21 heavy (non-hydrogen) atoms. The van der Waals surface area contributed by atoms with Gasteiger partial charge in [-0.3, -0.25) is 0 Å². The number of rotatable bonds is 2. The molecule has 0 unspecified atom stereocenters. The molecule has 3 aromatic rings. The normalized spacial score (nSPS) is 11.1. The van der Waals surface area contributed by atoms with Gasteiger partial charge in [0.05, 0.1) is 5.39 Å². The smallest absolute Gasteiger partial charge is 0.194 e. The van der Waals surface area contributed by atoms with Crippen molar-refractivity contribution < 1.29 is 13.2 Å². The Morgan fingerprint density at radius 3 is 2.33 bits per heavy atom. The second-order valence-electron chi connectivity index (χ2n) is 4.48. The second-order valence-corrected chi connectivity index (χ2v) is 5.71. The molecule has 2 aromatic heterocycles. The fraction of sp³-hybridized carbons (Fsp3) is 0.143. The molecule has 108 valence electrons. The number of fused-ring (bicyclic) bond motifs is 1. The second kappa shape index (κ2) is 5.00. The average molecular weight is 309 g/mol. The highest BCUT2D eigenvalue weighted by molar-refractivity contribution is 7.18. The van der Waals surface area contributed by atoms with Crippen molar-refractivity contribution in [2.75, 3.05) is 12.4 Å². The van der Waals surface area contributed by atoms with Gasteiger partial charge in [0.15, 0.2) is 23.3 Å². The van der Waals surface area contributed by atoms with Crippen molar-refractivity contribution in [3.63, 3.8) is 0 Å². The molecule has 0 aliphatic heterocycles. The average Bonchev–Trinajstić information content (AvgIpc) is 2.83. The van der Waals surface area contributed by atoms with Crippen molar-refractivity contribution in [3.8, 4) is 11.4 Å². The third kappa shape index (κ3) is 2.33. The summed E-state index contributed by atoms with van der Waals surface area (Å²) in [5.41, 5.74) is 0.0934. The Morgan fingerprint density at radius 2 is 1.71 bits per heavy atom. The van der Waals surface area contributed by atoms with Crippen LogP contribution in [0.1, 0.15) is 4.88 Å². The summed E-state index contributed by atoms with van der Waals surface area (Å²) in [5, 5.41) is 3.77. The van der Waals surface area contributed by atoms with Crippen LogP contribution in [0.25, 0.3) is 21.6 Å². The largest absolute Gasteiger partial charge is 0.372 e. The van der Waals surface area contributed by atoms with Gasteiger partial charge < -0.3 is 5.32 Å². The van der Waals surface area contributed by atoms with Crippen LogP contribution in [-0.4, -0.2) is 17.0 Å². The van der Waals surface area contributed by atoms with E-state index in [1.54, 1.807) is 7.05 Å². The molecule has 1 N–H and O–H groups in total. The minimum Gasteiger partial charge on any atom is -0.372 e. The standard InChI is InChI=1S/C14H10F3N3S/c1-6-3-8-13(18-2)19-12(20-14(8)21-6)7-4-9(15)11(17)10(16)5-7/h3-5H,1-2H3,(H,18,19,20). The summed E-state index contributed by atoms with van der Waals surface area (Å²) in [4.78, 5) is 10.3. The van der Waals surface area contributed by atoms with Crippen molar-refractivity contribution in [2.45, 2.75) is 6.92 Å². The van der Waals surface area contributed by atoms with Gasteiger partial charge in [0, 0.05) is 17.5 Å². The van der Waals surface area contributed by atoms with Gasteiger partial charge >= 0.3 is 0 Å². The predicted octanol–water partition coefficient (Wildman–Crippen LogP) is 4.13. The molecule has 0 fully saturated rings. The van der Waals surface area contributed by atoms with Gasteiger partial charge in [-0.25, -0.2) is 23.1 Å². The lowest BCUT2D eigenvalue weighted by atomic mass is 10.2. The van der Waals surface area contributed by atoms with Crippen LogP contribution >= 0.6 is 11.3 Å². The van der Waals surface area contributed by atoms with E-state index in [0.717, 1.165) is 22.4 Å². The van der Waals surface area contributed by atoms with E-state index in [4.69, 9.17) is 0 Å². The molecule has 1 aromatic carbocycles. The fourth-order valence-corrected chi connectivity index (χ4v) is 2.93. The summed E-state index contributed by atoms with van der Waals surface area (Å²) in [6.07, 6.45) is 0. The highest BCUT2D eigenvalue weighted by Crippen LogP contribution is 2.31. The summed E-state index contributed by atoms with van der Waals surface area (Å²) in [7, 11) is 1.70. The summed E-state index contributed by atoms with van der Waals surface area (Å²) in [5.74, 6) is -3.32. The van der Waals surface area contributed by atoms with E-state index in [1.807, 2.05) is 13.0 Å². The minimum atomic E-state index is -1.50. The molecule has 0 spiro atoms. The van der Waals surface area contributed by atoms with Gasteiger partial charge in [-0.2, -0.15) is 0 Å². The lowest BCUT2D eigenvalue weighted by Gasteiger charge is -2.06. The Kier molecular flexibility index (Phi) is 3.29. The molecule has 0 atom stereocenters. The molecule has 0 aliphatic carbocycles. The van der Waals surface area contributed by atoms with Gasteiger partial charge in [0.25, 0.3) is 0 Å². The molecule has 0 aliphatic rings.